The lowest BCUT2D eigenvalue weighted by Crippen LogP contribution is -2.29. The van der Waals surface area contributed by atoms with E-state index in [2.05, 4.69) is 5.16 Å². The van der Waals surface area contributed by atoms with Crippen molar-refractivity contribution in [1.29, 1.82) is 0 Å². The van der Waals surface area contributed by atoms with Crippen LogP contribution in [-0.4, -0.2) is 35.8 Å². The highest BCUT2D eigenvalue weighted by atomic mass is 19.1. The number of rotatable bonds is 4. The Morgan fingerprint density at radius 3 is 2.76 bits per heavy atom. The Labute approximate surface area is 99.0 Å². The molecule has 0 radical (unpaired) electrons. The van der Waals surface area contributed by atoms with E-state index >= 15 is 0 Å². The first-order valence-corrected chi connectivity index (χ1v) is 5.12. The zero-order chi connectivity index (χ0) is 13.0. The number of aliphatic hydroxyl groups is 1. The molecule has 94 valence electrons. The maximum atomic E-state index is 13.1. The topological polar surface area (TPSA) is 82.1 Å². The van der Waals surface area contributed by atoms with Gasteiger partial charge in [0.2, 0.25) is 0 Å². The van der Waals surface area contributed by atoms with E-state index in [0.717, 1.165) is 0 Å². The van der Waals surface area contributed by atoms with Crippen LogP contribution in [0.15, 0.2) is 23.4 Å². The van der Waals surface area contributed by atoms with Crippen LogP contribution in [0.3, 0.4) is 0 Å². The molecule has 1 aromatic rings. The van der Waals surface area contributed by atoms with Gasteiger partial charge in [0.1, 0.15) is 5.82 Å². The summed E-state index contributed by atoms with van der Waals surface area (Å²) in [4.78, 5) is 1.71. The van der Waals surface area contributed by atoms with Gasteiger partial charge in [-0.25, -0.2) is 4.39 Å². The van der Waals surface area contributed by atoms with Gasteiger partial charge in [0.15, 0.2) is 5.84 Å². The van der Waals surface area contributed by atoms with Gasteiger partial charge in [-0.2, -0.15) is 0 Å². The fourth-order valence-electron chi connectivity index (χ4n) is 1.59. The van der Waals surface area contributed by atoms with Crippen LogP contribution in [0.5, 0.6) is 0 Å². The Hall–Kier alpha value is -1.82. The summed E-state index contributed by atoms with van der Waals surface area (Å²) in [6, 6.07) is 3.98. The molecule has 17 heavy (non-hydrogen) atoms. The number of anilines is 1. The van der Waals surface area contributed by atoms with Gasteiger partial charge >= 0.3 is 0 Å². The van der Waals surface area contributed by atoms with Crippen LogP contribution in [0.1, 0.15) is 12.5 Å². The minimum Gasteiger partial charge on any atom is -0.409 e. The molecule has 0 saturated carbocycles. The minimum atomic E-state index is -0.537. The van der Waals surface area contributed by atoms with Crippen LogP contribution < -0.4 is 10.6 Å². The summed E-state index contributed by atoms with van der Waals surface area (Å²) in [5.74, 6) is -0.641. The summed E-state index contributed by atoms with van der Waals surface area (Å²) in [6.45, 7) is 2.00. The Bertz CT molecular complexity index is 421. The molecule has 0 aromatic heterocycles. The first-order valence-electron chi connectivity index (χ1n) is 5.12. The lowest BCUT2D eigenvalue weighted by atomic mass is 10.1. The quantitative estimate of drug-likeness (QED) is 0.314. The van der Waals surface area contributed by atoms with Crippen LogP contribution in [0.25, 0.3) is 0 Å². The number of nitrogens with zero attached hydrogens (tertiary/aromatic N) is 2. The van der Waals surface area contributed by atoms with E-state index in [1.165, 1.54) is 18.2 Å². The van der Waals surface area contributed by atoms with Crippen molar-refractivity contribution in [1.82, 2.24) is 0 Å². The lowest BCUT2D eigenvalue weighted by Gasteiger charge is -2.23. The van der Waals surface area contributed by atoms with Gasteiger partial charge in [-0.1, -0.05) is 5.16 Å². The number of benzene rings is 1. The largest absolute Gasteiger partial charge is 0.409 e. The molecule has 1 unspecified atom stereocenters. The van der Waals surface area contributed by atoms with Crippen molar-refractivity contribution < 1.29 is 14.7 Å². The number of aliphatic hydroxyl groups excluding tert-OH is 1. The molecule has 1 aromatic carbocycles. The summed E-state index contributed by atoms with van der Waals surface area (Å²) in [6.07, 6.45) is -0.537. The van der Waals surface area contributed by atoms with Gasteiger partial charge in [-0.15, -0.1) is 0 Å². The maximum Gasteiger partial charge on any atom is 0.172 e. The van der Waals surface area contributed by atoms with Gasteiger partial charge in [-0.05, 0) is 25.1 Å². The van der Waals surface area contributed by atoms with Crippen molar-refractivity contribution in [3.63, 3.8) is 0 Å². The summed E-state index contributed by atoms with van der Waals surface area (Å²) in [5.41, 5.74) is 6.35. The van der Waals surface area contributed by atoms with Crippen LogP contribution in [0, 0.1) is 5.82 Å². The normalized spacial score (nSPS) is 13.5. The minimum absolute atomic E-state index is 0.169. The second kappa shape index (κ2) is 5.49. The predicted octanol–water partition coefficient (Wildman–Crippen LogP) is 0.737. The Kier molecular flexibility index (Phi) is 4.28. The average Bonchev–Trinajstić information content (AvgIpc) is 2.26. The standard InChI is InChI=1S/C11H16FN3O2/c1-7(16)6-15(2)10-4-3-8(12)5-9(10)11(13)14-17/h3-5,7,16-17H,6H2,1-2H3,(H2,13,14). The van der Waals surface area contributed by atoms with Gasteiger partial charge in [0.25, 0.3) is 0 Å². The van der Waals surface area contributed by atoms with Crippen molar-refractivity contribution in [2.24, 2.45) is 10.9 Å². The fourth-order valence-corrected chi connectivity index (χ4v) is 1.59. The van der Waals surface area contributed by atoms with Gasteiger partial charge in [0.05, 0.1) is 6.10 Å². The summed E-state index contributed by atoms with van der Waals surface area (Å²) >= 11 is 0. The Morgan fingerprint density at radius 2 is 2.24 bits per heavy atom. The monoisotopic (exact) mass is 241 g/mol. The SMILES string of the molecule is CC(O)CN(C)c1ccc(F)cc1C(N)=NO. The molecule has 1 atom stereocenters. The highest BCUT2D eigenvalue weighted by Crippen LogP contribution is 2.20. The maximum absolute atomic E-state index is 13.1. The number of oxime groups is 1. The molecule has 0 aliphatic heterocycles. The molecule has 0 fully saturated rings. The smallest absolute Gasteiger partial charge is 0.172 e. The molecule has 5 nitrogen and oxygen atoms in total. The lowest BCUT2D eigenvalue weighted by molar-refractivity contribution is 0.201. The zero-order valence-corrected chi connectivity index (χ0v) is 9.76. The number of halogens is 1. The molecule has 0 aliphatic carbocycles. The summed E-state index contributed by atoms with van der Waals surface area (Å²) in [5, 5.41) is 20.8. The summed E-state index contributed by atoms with van der Waals surface area (Å²) in [7, 11) is 1.73. The van der Waals surface area contributed by atoms with Crippen LogP contribution in [-0.2, 0) is 0 Å². The molecule has 0 bridgehead atoms. The highest BCUT2D eigenvalue weighted by Gasteiger charge is 2.13. The van der Waals surface area contributed by atoms with Gasteiger partial charge < -0.3 is 20.9 Å². The van der Waals surface area contributed by atoms with E-state index in [9.17, 15) is 9.50 Å². The molecule has 0 amide bonds. The summed E-state index contributed by atoms with van der Waals surface area (Å²) < 4.78 is 13.1. The first kappa shape index (κ1) is 13.2. The molecule has 1 rings (SSSR count). The first-order chi connectivity index (χ1) is 7.95. The van der Waals surface area contributed by atoms with E-state index in [4.69, 9.17) is 10.9 Å². The van der Waals surface area contributed by atoms with Crippen molar-refractivity contribution >= 4 is 11.5 Å². The average molecular weight is 241 g/mol. The van der Waals surface area contributed by atoms with Gasteiger partial charge in [-0.3, -0.25) is 0 Å². The molecule has 0 aliphatic rings. The van der Waals surface area contributed by atoms with E-state index in [0.29, 0.717) is 12.2 Å². The Balaban J connectivity index is 3.14. The van der Waals surface area contributed by atoms with Crippen molar-refractivity contribution in [2.75, 3.05) is 18.5 Å². The number of nitrogens with two attached hydrogens (primary N) is 1. The molecule has 6 heteroatoms. The van der Waals surface area contributed by atoms with Crippen LogP contribution in [0.2, 0.25) is 0 Å². The third-order valence-corrected chi connectivity index (χ3v) is 2.29. The van der Waals surface area contributed by atoms with E-state index in [1.807, 2.05) is 0 Å². The number of hydrogen-bond acceptors (Lipinski definition) is 4. The zero-order valence-electron chi connectivity index (χ0n) is 9.76. The molecular formula is C11H16FN3O2. The molecule has 0 spiro atoms. The molecule has 0 heterocycles. The van der Waals surface area contributed by atoms with Gasteiger partial charge in [0, 0.05) is 24.8 Å². The van der Waals surface area contributed by atoms with Crippen molar-refractivity contribution in [3.8, 4) is 0 Å². The Morgan fingerprint density at radius 1 is 1.59 bits per heavy atom. The highest BCUT2D eigenvalue weighted by molar-refractivity contribution is 6.02. The molecule has 4 N–H and O–H groups in total. The van der Waals surface area contributed by atoms with Crippen LogP contribution >= 0.6 is 0 Å². The molecular weight excluding hydrogens is 225 g/mol. The van der Waals surface area contributed by atoms with E-state index in [1.54, 1.807) is 18.9 Å². The fraction of sp³-hybridized carbons (Fsp3) is 0.364. The van der Waals surface area contributed by atoms with Crippen molar-refractivity contribution in [3.05, 3.63) is 29.6 Å². The number of hydrogen-bond donors (Lipinski definition) is 3. The third-order valence-electron chi connectivity index (χ3n) is 2.29. The molecule has 0 saturated heterocycles. The second-order valence-corrected chi connectivity index (χ2v) is 3.88. The van der Waals surface area contributed by atoms with E-state index in [-0.39, 0.29) is 11.4 Å². The second-order valence-electron chi connectivity index (χ2n) is 3.88. The van der Waals surface area contributed by atoms with Crippen molar-refractivity contribution in [2.45, 2.75) is 13.0 Å². The van der Waals surface area contributed by atoms with E-state index < -0.39 is 11.9 Å². The third kappa shape index (κ3) is 3.32. The van der Waals surface area contributed by atoms with Crippen LogP contribution in [0.4, 0.5) is 10.1 Å². The number of amidine groups is 1. The number of likely N-dealkylation sites (N-methyl/N-ethyl adjacent to an activating group) is 1. The predicted molar refractivity (Wildman–Crippen MR) is 63.9 cm³/mol.